The van der Waals surface area contributed by atoms with Crippen molar-refractivity contribution in [2.45, 2.75) is 197 Å². The Morgan fingerprint density at radius 3 is 1.73 bits per heavy atom. The van der Waals surface area contributed by atoms with Crippen LogP contribution in [-0.2, 0) is 78.4 Å². The lowest BCUT2D eigenvalue weighted by molar-refractivity contribution is -0.152. The van der Waals surface area contributed by atoms with Crippen molar-refractivity contribution in [3.63, 3.8) is 0 Å². The fourth-order valence-electron chi connectivity index (χ4n) is 15.4. The molecule has 0 radical (unpaired) electrons. The molecule has 4 fully saturated rings. The molecule has 1 aromatic carbocycles. The van der Waals surface area contributed by atoms with E-state index in [1.54, 1.807) is 44.4 Å². The number of carbonyl (C=O) groups is 5. The van der Waals surface area contributed by atoms with Gasteiger partial charge in [-0.25, -0.2) is 0 Å². The first-order chi connectivity index (χ1) is 39.4. The van der Waals surface area contributed by atoms with E-state index in [4.69, 9.17) is 28.4 Å². The largest absolute Gasteiger partial charge is 0.465 e. The van der Waals surface area contributed by atoms with E-state index in [2.05, 4.69) is 69.2 Å². The standard InChI is InChI=1S/C65H106N6O11/c1-11-77-59(72)42-68(43-60(73)78-12-2)36-38-70(39-37-69(44-61(74)79-13-3)45-62(75)80-14-4)58(63(76)81-15-5)21-17-20-49-22-24-50(25-23-49)32-35-71-41-52(66-67-71)46-82-53-30-33-64(9)51(40-53)26-27-54-56-29-28-55(48(8)19-16-18-47(6)7)65(56,10)34-31-57(54)64/h22-25,41,47-48,51,53-58H,11-21,26-40,42-46H2,1-10H3/t48-,51+,53+,54+,55-,56+,57+,58?,64+,65-/m1/s1. The second-order valence-corrected chi connectivity index (χ2v) is 25.3. The maximum atomic E-state index is 13.9. The van der Waals surface area contributed by atoms with Crippen molar-refractivity contribution in [1.82, 2.24) is 29.7 Å². The third-order valence-electron chi connectivity index (χ3n) is 19.5. The van der Waals surface area contributed by atoms with E-state index in [9.17, 15) is 24.0 Å². The van der Waals surface area contributed by atoms with Crippen LogP contribution in [0.1, 0.15) is 176 Å². The summed E-state index contributed by atoms with van der Waals surface area (Å²) in [7, 11) is 0. The lowest BCUT2D eigenvalue weighted by Crippen LogP contribution is -2.54. The van der Waals surface area contributed by atoms with Crippen LogP contribution < -0.4 is 0 Å². The molecule has 2 aromatic rings. The second kappa shape index (κ2) is 33.3. The van der Waals surface area contributed by atoms with Gasteiger partial charge in [-0.05, 0) is 181 Å². The molecule has 0 aliphatic heterocycles. The predicted octanol–water partition coefficient (Wildman–Crippen LogP) is 9.94. The minimum atomic E-state index is -0.716. The number of carbonyl (C=O) groups excluding carboxylic acids is 5. The fraction of sp³-hybridized carbons (Fsp3) is 0.800. The second-order valence-electron chi connectivity index (χ2n) is 25.3. The number of benzene rings is 1. The first kappa shape index (κ1) is 66.7. The fourth-order valence-corrected chi connectivity index (χ4v) is 15.4. The summed E-state index contributed by atoms with van der Waals surface area (Å²) in [6, 6.07) is 7.84. The lowest BCUT2D eigenvalue weighted by atomic mass is 9.44. The van der Waals surface area contributed by atoms with Crippen molar-refractivity contribution in [3.8, 4) is 0 Å². The molecule has 4 aliphatic rings. The summed E-state index contributed by atoms with van der Waals surface area (Å²) < 4.78 is 35.1. The van der Waals surface area contributed by atoms with E-state index < -0.39 is 35.9 Å². The molecule has 462 valence electrons. The van der Waals surface area contributed by atoms with Gasteiger partial charge in [0.15, 0.2) is 0 Å². The Bertz CT molecular complexity index is 2190. The van der Waals surface area contributed by atoms with Crippen molar-refractivity contribution >= 4 is 29.8 Å². The van der Waals surface area contributed by atoms with E-state index in [1.807, 2.05) is 15.8 Å². The molecule has 1 unspecified atom stereocenters. The number of ether oxygens (including phenoxy) is 6. The number of aryl methyl sites for hydroxylation is 3. The monoisotopic (exact) mass is 1150 g/mol. The predicted molar refractivity (Wildman–Crippen MR) is 316 cm³/mol. The molecular formula is C65H106N6O11. The Balaban J connectivity index is 1.00. The van der Waals surface area contributed by atoms with E-state index in [0.717, 1.165) is 65.5 Å². The van der Waals surface area contributed by atoms with Crippen LogP contribution in [0.3, 0.4) is 0 Å². The number of hydrogen-bond acceptors (Lipinski definition) is 16. The van der Waals surface area contributed by atoms with E-state index in [0.29, 0.717) is 43.2 Å². The number of aromatic nitrogens is 3. The number of hydrogen-bond donors (Lipinski definition) is 0. The summed E-state index contributed by atoms with van der Waals surface area (Å²) in [4.78, 5) is 69.8. The van der Waals surface area contributed by atoms with Gasteiger partial charge in [-0.2, -0.15) is 0 Å². The topological polar surface area (TPSA) is 181 Å². The molecule has 0 bridgehead atoms. The minimum absolute atomic E-state index is 0.160. The Morgan fingerprint density at radius 1 is 0.622 bits per heavy atom. The van der Waals surface area contributed by atoms with Crippen molar-refractivity contribution in [2.75, 3.05) is 85.4 Å². The number of fused-ring (bicyclic) bond motifs is 5. The lowest BCUT2D eigenvalue weighted by Gasteiger charge is -2.61. The van der Waals surface area contributed by atoms with Crippen LogP contribution >= 0.6 is 0 Å². The highest BCUT2D eigenvalue weighted by Crippen LogP contribution is 2.68. The summed E-state index contributed by atoms with van der Waals surface area (Å²) in [5.74, 6) is 3.61. The molecule has 0 spiro atoms. The molecule has 17 heteroatoms. The summed E-state index contributed by atoms with van der Waals surface area (Å²) in [6.45, 7) is 23.7. The molecule has 6 rings (SSSR count). The van der Waals surface area contributed by atoms with Crippen molar-refractivity contribution in [2.24, 2.45) is 52.3 Å². The maximum Gasteiger partial charge on any atom is 0.323 e. The molecule has 1 heterocycles. The highest BCUT2D eigenvalue weighted by Gasteiger charge is 2.60. The average molecular weight is 1150 g/mol. The number of esters is 5. The van der Waals surface area contributed by atoms with Crippen LogP contribution in [0.25, 0.3) is 0 Å². The number of rotatable bonds is 36. The van der Waals surface area contributed by atoms with Crippen molar-refractivity contribution in [1.29, 1.82) is 0 Å². The van der Waals surface area contributed by atoms with Gasteiger partial charge in [-0.3, -0.25) is 43.4 Å². The van der Waals surface area contributed by atoms with Crippen LogP contribution in [0.15, 0.2) is 30.5 Å². The first-order valence-corrected chi connectivity index (χ1v) is 32.0. The molecule has 10 atom stereocenters. The van der Waals surface area contributed by atoms with E-state index >= 15 is 0 Å². The summed E-state index contributed by atoms with van der Waals surface area (Å²) in [5.41, 5.74) is 4.15. The van der Waals surface area contributed by atoms with Gasteiger partial charge in [0.25, 0.3) is 0 Å². The van der Waals surface area contributed by atoms with Crippen LogP contribution in [0, 0.1) is 52.3 Å². The first-order valence-electron chi connectivity index (χ1n) is 32.0. The minimum Gasteiger partial charge on any atom is -0.465 e. The van der Waals surface area contributed by atoms with Crippen LogP contribution in [0.4, 0.5) is 0 Å². The SMILES string of the molecule is CCOC(=O)CN(CCN(CCN(CC(=O)OCC)CC(=O)OCC)C(CCCc1ccc(CCn2cc(CO[C@H]3CC[C@@]4(C)[C@@H](CC[C@@H]5[C@@H]4CC[C@]4(C)[C@@H]([C@H](C)CCCC(C)C)CC[C@@H]54)C3)nn2)cc1)C(=O)OCC)CC(=O)OCC. The van der Waals surface area contributed by atoms with E-state index in [-0.39, 0.29) is 91.5 Å². The molecule has 4 saturated carbocycles. The van der Waals surface area contributed by atoms with Crippen LogP contribution in [-0.4, -0.2) is 157 Å². The van der Waals surface area contributed by atoms with Gasteiger partial charge in [0.1, 0.15) is 11.7 Å². The zero-order valence-corrected chi connectivity index (χ0v) is 52.2. The van der Waals surface area contributed by atoms with Gasteiger partial charge < -0.3 is 28.4 Å². The van der Waals surface area contributed by atoms with Gasteiger partial charge in [-0.1, -0.05) is 83.4 Å². The molecule has 0 saturated heterocycles. The molecular weight excluding hydrogens is 1040 g/mol. The van der Waals surface area contributed by atoms with Gasteiger partial charge >= 0.3 is 29.8 Å². The summed E-state index contributed by atoms with van der Waals surface area (Å²) in [5, 5.41) is 9.01. The molecule has 1 aromatic heterocycles. The number of nitrogens with zero attached hydrogens (tertiary/aromatic N) is 6. The highest BCUT2D eigenvalue weighted by atomic mass is 16.5. The molecule has 0 amide bonds. The van der Waals surface area contributed by atoms with Crippen LogP contribution in [0.5, 0.6) is 0 Å². The Hall–Kier alpha value is -4.45. The summed E-state index contributed by atoms with van der Waals surface area (Å²) in [6.07, 6.45) is 21.2. The molecule has 82 heavy (non-hydrogen) atoms. The van der Waals surface area contributed by atoms with Crippen molar-refractivity contribution < 1.29 is 52.4 Å². The quantitative estimate of drug-likeness (QED) is 0.0464. The zero-order valence-electron chi connectivity index (χ0n) is 52.2. The third-order valence-corrected chi connectivity index (χ3v) is 19.5. The molecule has 0 N–H and O–H groups in total. The zero-order chi connectivity index (χ0) is 59.2. The molecule has 4 aliphatic carbocycles. The van der Waals surface area contributed by atoms with Gasteiger partial charge in [0.05, 0.1) is 78.1 Å². The highest BCUT2D eigenvalue weighted by molar-refractivity contribution is 5.76. The van der Waals surface area contributed by atoms with Crippen molar-refractivity contribution in [3.05, 3.63) is 47.3 Å². The Morgan fingerprint density at radius 2 is 1.17 bits per heavy atom. The smallest absolute Gasteiger partial charge is 0.323 e. The van der Waals surface area contributed by atoms with Gasteiger partial charge in [0.2, 0.25) is 0 Å². The maximum absolute atomic E-state index is 13.9. The van der Waals surface area contributed by atoms with Gasteiger partial charge in [0, 0.05) is 32.7 Å². The van der Waals surface area contributed by atoms with E-state index in [1.165, 1.54) is 76.2 Å². The third kappa shape index (κ3) is 19.3. The Kier molecular flexibility index (Phi) is 27.1. The normalized spacial score (nSPS) is 24.9. The van der Waals surface area contributed by atoms with Crippen LogP contribution in [0.2, 0.25) is 0 Å². The Labute approximate surface area is 492 Å². The molecule has 17 nitrogen and oxygen atoms in total. The average Bonchev–Trinajstić information content (AvgIpc) is 1.91. The summed E-state index contributed by atoms with van der Waals surface area (Å²) >= 11 is 0. The van der Waals surface area contributed by atoms with Gasteiger partial charge in [-0.15, -0.1) is 5.10 Å².